The lowest BCUT2D eigenvalue weighted by Crippen LogP contribution is -2.21. The number of rotatable bonds is 5. The second-order valence-electron chi connectivity index (χ2n) is 4.62. The zero-order chi connectivity index (χ0) is 14.7. The maximum Gasteiger partial charge on any atom is 0.261 e. The van der Waals surface area contributed by atoms with Crippen molar-refractivity contribution in [3.63, 3.8) is 0 Å². The van der Waals surface area contributed by atoms with Gasteiger partial charge < -0.3 is 5.32 Å². The summed E-state index contributed by atoms with van der Waals surface area (Å²) in [6, 6.07) is 7.33. The molecule has 108 valence electrons. The van der Waals surface area contributed by atoms with Gasteiger partial charge in [-0.1, -0.05) is 30.4 Å². The van der Waals surface area contributed by atoms with E-state index in [2.05, 4.69) is 27.4 Å². The molecule has 0 radical (unpaired) electrons. The lowest BCUT2D eigenvalue weighted by atomic mass is 10.2. The molecule has 1 N–H and O–H groups in total. The number of benzene rings is 1. The van der Waals surface area contributed by atoms with Crippen molar-refractivity contribution in [2.75, 3.05) is 11.9 Å². The lowest BCUT2D eigenvalue weighted by molar-refractivity contribution is 0.734. The van der Waals surface area contributed by atoms with Crippen molar-refractivity contribution >= 4 is 27.4 Å². The number of para-hydroxylation sites is 1. The number of fused-ring (bicyclic) bond motifs is 1. The maximum atomic E-state index is 12.4. The van der Waals surface area contributed by atoms with Crippen molar-refractivity contribution in [3.8, 4) is 0 Å². The largest absolute Gasteiger partial charge is 0.360 e. The highest BCUT2D eigenvalue weighted by Crippen LogP contribution is 2.16. The molecule has 0 saturated carbocycles. The van der Waals surface area contributed by atoms with E-state index in [4.69, 9.17) is 0 Å². The van der Waals surface area contributed by atoms with Gasteiger partial charge in [-0.05, 0) is 18.6 Å². The van der Waals surface area contributed by atoms with Crippen molar-refractivity contribution in [1.29, 1.82) is 0 Å². The summed E-state index contributed by atoms with van der Waals surface area (Å²) in [7, 11) is 0. The Hall–Kier alpha value is -2.28. The van der Waals surface area contributed by atoms with Crippen LogP contribution in [0, 0.1) is 0 Å². The van der Waals surface area contributed by atoms with Gasteiger partial charge in [0.2, 0.25) is 5.13 Å². The molecule has 0 aliphatic heterocycles. The number of aromatic nitrogens is 4. The highest BCUT2D eigenvalue weighted by molar-refractivity contribution is 7.15. The second kappa shape index (κ2) is 6.01. The molecule has 2 aromatic heterocycles. The second-order valence-corrected chi connectivity index (χ2v) is 5.68. The van der Waals surface area contributed by atoms with E-state index in [9.17, 15) is 4.79 Å². The predicted octanol–water partition coefficient (Wildman–Crippen LogP) is 2.12. The lowest BCUT2D eigenvalue weighted by Gasteiger charge is -2.03. The van der Waals surface area contributed by atoms with Gasteiger partial charge in [0, 0.05) is 6.54 Å². The molecule has 0 unspecified atom stereocenters. The van der Waals surface area contributed by atoms with E-state index in [1.54, 1.807) is 17.0 Å². The molecule has 0 saturated heterocycles. The summed E-state index contributed by atoms with van der Waals surface area (Å²) in [5.74, 6) is 0. The van der Waals surface area contributed by atoms with Crippen LogP contribution in [0.1, 0.15) is 18.4 Å². The molecule has 21 heavy (non-hydrogen) atoms. The van der Waals surface area contributed by atoms with Crippen LogP contribution in [0.25, 0.3) is 10.9 Å². The summed E-state index contributed by atoms with van der Waals surface area (Å²) >= 11 is 1.46. The Kier molecular flexibility index (Phi) is 3.92. The molecule has 3 aromatic rings. The van der Waals surface area contributed by atoms with E-state index in [1.807, 2.05) is 18.2 Å². The summed E-state index contributed by atoms with van der Waals surface area (Å²) in [6.07, 6.45) is 2.59. The van der Waals surface area contributed by atoms with Gasteiger partial charge >= 0.3 is 0 Å². The topological polar surface area (TPSA) is 72.7 Å². The van der Waals surface area contributed by atoms with Crippen molar-refractivity contribution in [3.05, 3.63) is 46.0 Å². The van der Waals surface area contributed by atoms with Gasteiger partial charge in [-0.25, -0.2) is 4.98 Å². The third kappa shape index (κ3) is 2.92. The number of hydrogen-bond donors (Lipinski definition) is 1. The van der Waals surface area contributed by atoms with Gasteiger partial charge in [-0.2, -0.15) is 0 Å². The van der Waals surface area contributed by atoms with E-state index < -0.39 is 0 Å². The minimum Gasteiger partial charge on any atom is -0.360 e. The van der Waals surface area contributed by atoms with E-state index in [-0.39, 0.29) is 5.56 Å². The summed E-state index contributed by atoms with van der Waals surface area (Å²) in [5.41, 5.74) is 0.653. The number of nitrogens with zero attached hydrogens (tertiary/aromatic N) is 4. The van der Waals surface area contributed by atoms with Gasteiger partial charge in [0.15, 0.2) is 0 Å². The summed E-state index contributed by atoms with van der Waals surface area (Å²) in [6.45, 7) is 3.35. The first kappa shape index (κ1) is 13.7. The molecule has 0 spiro atoms. The Bertz CT molecular complexity index is 810. The third-order valence-corrected chi connectivity index (χ3v) is 3.90. The molecule has 1 aromatic carbocycles. The van der Waals surface area contributed by atoms with Gasteiger partial charge in [-0.15, -0.1) is 10.2 Å². The average Bonchev–Trinajstić information content (AvgIpc) is 2.96. The summed E-state index contributed by atoms with van der Waals surface area (Å²) in [5, 5.41) is 13.5. The molecular formula is C14H15N5OS. The summed E-state index contributed by atoms with van der Waals surface area (Å²) < 4.78 is 1.56. The first-order chi connectivity index (χ1) is 10.3. The smallest absolute Gasteiger partial charge is 0.261 e. The van der Waals surface area contributed by atoms with E-state index in [1.165, 1.54) is 11.3 Å². The number of hydrogen-bond acceptors (Lipinski definition) is 6. The van der Waals surface area contributed by atoms with Crippen LogP contribution in [-0.4, -0.2) is 26.3 Å². The Labute approximate surface area is 125 Å². The molecule has 0 fully saturated rings. The molecule has 0 amide bonds. The minimum absolute atomic E-state index is 0.0566. The van der Waals surface area contributed by atoms with Crippen LogP contribution in [-0.2, 0) is 6.54 Å². The van der Waals surface area contributed by atoms with Crippen LogP contribution >= 0.6 is 11.3 Å². The third-order valence-electron chi connectivity index (χ3n) is 3.03. The van der Waals surface area contributed by atoms with Crippen LogP contribution in [0.3, 0.4) is 0 Å². The first-order valence-electron chi connectivity index (χ1n) is 6.78. The normalized spacial score (nSPS) is 10.9. The van der Waals surface area contributed by atoms with Crippen LogP contribution < -0.4 is 10.9 Å². The van der Waals surface area contributed by atoms with E-state index in [0.717, 1.165) is 23.1 Å². The highest BCUT2D eigenvalue weighted by atomic mass is 32.1. The fourth-order valence-corrected chi connectivity index (χ4v) is 2.75. The first-order valence-corrected chi connectivity index (χ1v) is 7.60. The Morgan fingerprint density at radius 3 is 3.00 bits per heavy atom. The zero-order valence-electron chi connectivity index (χ0n) is 11.6. The van der Waals surface area contributed by atoms with Crippen molar-refractivity contribution in [2.45, 2.75) is 19.9 Å². The predicted molar refractivity (Wildman–Crippen MR) is 83.8 cm³/mol. The van der Waals surface area contributed by atoms with Crippen LogP contribution in [0.5, 0.6) is 0 Å². The van der Waals surface area contributed by atoms with Crippen LogP contribution in [0.2, 0.25) is 0 Å². The Morgan fingerprint density at radius 1 is 1.29 bits per heavy atom. The molecule has 0 bridgehead atoms. The van der Waals surface area contributed by atoms with Gasteiger partial charge in [0.05, 0.1) is 23.8 Å². The molecule has 3 rings (SSSR count). The maximum absolute atomic E-state index is 12.4. The highest BCUT2D eigenvalue weighted by Gasteiger charge is 2.08. The standard InChI is InChI=1S/C14H15N5OS/c1-2-7-15-14-18-17-12(21-14)8-19-9-16-11-6-4-3-5-10(11)13(19)20/h3-6,9H,2,7-8H2,1H3,(H,15,18). The quantitative estimate of drug-likeness (QED) is 0.781. The van der Waals surface area contributed by atoms with Crippen molar-refractivity contribution in [1.82, 2.24) is 19.7 Å². The van der Waals surface area contributed by atoms with E-state index >= 15 is 0 Å². The molecule has 0 atom stereocenters. The van der Waals surface area contributed by atoms with Gasteiger partial charge in [0.25, 0.3) is 5.56 Å². The van der Waals surface area contributed by atoms with Gasteiger partial charge in [-0.3, -0.25) is 9.36 Å². The number of anilines is 1. The zero-order valence-corrected chi connectivity index (χ0v) is 12.4. The minimum atomic E-state index is -0.0566. The molecular weight excluding hydrogens is 286 g/mol. The van der Waals surface area contributed by atoms with Crippen LogP contribution in [0.15, 0.2) is 35.4 Å². The fraction of sp³-hybridized carbons (Fsp3) is 0.286. The van der Waals surface area contributed by atoms with Crippen molar-refractivity contribution in [2.24, 2.45) is 0 Å². The molecule has 6 nitrogen and oxygen atoms in total. The van der Waals surface area contributed by atoms with Crippen LogP contribution in [0.4, 0.5) is 5.13 Å². The molecule has 0 aliphatic carbocycles. The average molecular weight is 301 g/mol. The molecule has 7 heteroatoms. The fourth-order valence-electron chi connectivity index (χ4n) is 1.99. The summed E-state index contributed by atoms with van der Waals surface area (Å²) in [4.78, 5) is 16.7. The van der Waals surface area contributed by atoms with Crippen molar-refractivity contribution < 1.29 is 0 Å². The van der Waals surface area contributed by atoms with E-state index in [0.29, 0.717) is 17.4 Å². The van der Waals surface area contributed by atoms with Gasteiger partial charge in [0.1, 0.15) is 5.01 Å². The molecule has 0 aliphatic rings. The molecule has 2 heterocycles. The Morgan fingerprint density at radius 2 is 2.14 bits per heavy atom. The number of nitrogens with one attached hydrogen (secondary N) is 1. The SMILES string of the molecule is CCCNc1nnc(Cn2cnc3ccccc3c2=O)s1. The Balaban J connectivity index is 1.86. The monoisotopic (exact) mass is 301 g/mol.